The van der Waals surface area contributed by atoms with Crippen LogP contribution in [0, 0.1) is 0 Å². The first-order valence-electron chi connectivity index (χ1n) is 17.9. The van der Waals surface area contributed by atoms with E-state index in [4.69, 9.17) is 9.97 Å². The lowest BCUT2D eigenvalue weighted by atomic mass is 10.0. The number of thiophene rings is 1. The van der Waals surface area contributed by atoms with E-state index in [0.29, 0.717) is 5.95 Å². The Labute approximate surface area is 307 Å². The minimum Gasteiger partial charge on any atom is -0.308 e. The van der Waals surface area contributed by atoms with E-state index >= 15 is 0 Å². The SMILES string of the molecule is c1ccc2c(-c3nc(-n4c5ccccc5c5c4ccc4c6ccccc6n(-c6cccc7ccccc67)c45)nc4c3sc3ccccc34)cccc2c1. The van der Waals surface area contributed by atoms with Gasteiger partial charge in [-0.3, -0.25) is 4.57 Å². The van der Waals surface area contributed by atoms with Crippen LogP contribution < -0.4 is 0 Å². The Morgan fingerprint density at radius 1 is 0.415 bits per heavy atom. The molecule has 246 valence electrons. The number of rotatable bonds is 3. The maximum atomic E-state index is 5.56. The molecule has 0 radical (unpaired) electrons. The van der Waals surface area contributed by atoms with Gasteiger partial charge in [-0.05, 0) is 46.5 Å². The van der Waals surface area contributed by atoms with E-state index in [-0.39, 0.29) is 0 Å². The summed E-state index contributed by atoms with van der Waals surface area (Å²) in [6.07, 6.45) is 0. The van der Waals surface area contributed by atoms with Crippen LogP contribution in [-0.2, 0) is 0 Å². The van der Waals surface area contributed by atoms with E-state index in [1.165, 1.54) is 64.5 Å². The van der Waals surface area contributed by atoms with Crippen LogP contribution in [0.15, 0.2) is 170 Å². The van der Waals surface area contributed by atoms with Crippen molar-refractivity contribution in [1.29, 1.82) is 0 Å². The quantitative estimate of drug-likeness (QED) is 0.185. The van der Waals surface area contributed by atoms with Gasteiger partial charge in [-0.2, -0.15) is 0 Å². The Bertz CT molecular complexity index is 3460. The van der Waals surface area contributed by atoms with Crippen LogP contribution in [0.3, 0.4) is 0 Å². The van der Waals surface area contributed by atoms with Crippen molar-refractivity contribution < 1.29 is 0 Å². The van der Waals surface area contributed by atoms with Crippen LogP contribution in [0.1, 0.15) is 0 Å². The molecule has 12 rings (SSSR count). The van der Waals surface area contributed by atoms with Crippen molar-refractivity contribution in [3.63, 3.8) is 0 Å². The van der Waals surface area contributed by atoms with Gasteiger partial charge in [0.25, 0.3) is 0 Å². The number of para-hydroxylation sites is 2. The first-order chi connectivity index (χ1) is 26.3. The minimum absolute atomic E-state index is 0.669. The lowest BCUT2D eigenvalue weighted by Crippen LogP contribution is -2.03. The predicted octanol–water partition coefficient (Wildman–Crippen LogP) is 13.0. The lowest BCUT2D eigenvalue weighted by Gasteiger charge is -2.13. The third-order valence-corrected chi connectivity index (χ3v) is 12.1. The predicted molar refractivity (Wildman–Crippen MR) is 224 cm³/mol. The van der Waals surface area contributed by atoms with Crippen molar-refractivity contribution in [2.24, 2.45) is 0 Å². The average Bonchev–Trinajstić information content (AvgIpc) is 3.88. The van der Waals surface area contributed by atoms with Crippen molar-refractivity contribution in [2.75, 3.05) is 0 Å². The number of benzene rings is 8. The van der Waals surface area contributed by atoms with Crippen molar-refractivity contribution in [1.82, 2.24) is 19.1 Å². The second-order valence-corrected chi connectivity index (χ2v) is 14.8. The van der Waals surface area contributed by atoms with E-state index in [2.05, 4.69) is 179 Å². The maximum absolute atomic E-state index is 5.56. The second-order valence-electron chi connectivity index (χ2n) is 13.7. The van der Waals surface area contributed by atoms with Gasteiger partial charge in [-0.1, -0.05) is 140 Å². The van der Waals surface area contributed by atoms with Gasteiger partial charge in [0.2, 0.25) is 5.95 Å². The van der Waals surface area contributed by atoms with Gasteiger partial charge in [0.05, 0.1) is 43.7 Å². The van der Waals surface area contributed by atoms with Gasteiger partial charge in [0.1, 0.15) is 0 Å². The number of hydrogen-bond acceptors (Lipinski definition) is 3. The fraction of sp³-hybridized carbons (Fsp3) is 0. The molecule has 0 unspecified atom stereocenters. The summed E-state index contributed by atoms with van der Waals surface area (Å²) in [6, 6.07) is 61.1. The van der Waals surface area contributed by atoms with Gasteiger partial charge in [-0.15, -0.1) is 11.3 Å². The monoisotopic (exact) mass is 692 g/mol. The molecule has 0 saturated heterocycles. The zero-order valence-electron chi connectivity index (χ0n) is 28.4. The van der Waals surface area contributed by atoms with Crippen molar-refractivity contribution >= 4 is 96.8 Å². The summed E-state index contributed by atoms with van der Waals surface area (Å²) in [5.74, 6) is 0.669. The van der Waals surface area contributed by atoms with Crippen LogP contribution in [0.4, 0.5) is 0 Å². The van der Waals surface area contributed by atoms with E-state index in [0.717, 1.165) is 37.9 Å². The molecule has 8 aromatic carbocycles. The van der Waals surface area contributed by atoms with Gasteiger partial charge in [0.15, 0.2) is 0 Å². The molecule has 5 heteroatoms. The third-order valence-electron chi connectivity index (χ3n) is 10.9. The van der Waals surface area contributed by atoms with Gasteiger partial charge >= 0.3 is 0 Å². The molecule has 0 aliphatic rings. The van der Waals surface area contributed by atoms with Gasteiger partial charge in [0, 0.05) is 42.6 Å². The van der Waals surface area contributed by atoms with Crippen molar-refractivity contribution in [3.05, 3.63) is 170 Å². The van der Waals surface area contributed by atoms with Crippen molar-refractivity contribution in [3.8, 4) is 22.9 Å². The highest BCUT2D eigenvalue weighted by molar-refractivity contribution is 7.26. The second kappa shape index (κ2) is 10.8. The zero-order chi connectivity index (χ0) is 34.6. The summed E-state index contributed by atoms with van der Waals surface area (Å²) in [6.45, 7) is 0. The molecule has 53 heavy (non-hydrogen) atoms. The first kappa shape index (κ1) is 28.8. The highest BCUT2D eigenvalue weighted by atomic mass is 32.1. The molecule has 0 aliphatic carbocycles. The fourth-order valence-electron chi connectivity index (χ4n) is 8.67. The van der Waals surface area contributed by atoms with E-state index in [1.807, 2.05) is 0 Å². The molecule has 0 atom stereocenters. The van der Waals surface area contributed by atoms with Crippen LogP contribution in [0.25, 0.3) is 108 Å². The average molecular weight is 693 g/mol. The number of aromatic nitrogens is 4. The standard InChI is InChI=1S/C48H28N4S/c1-3-17-31-29(13-1)15-11-22-34(31)44-47-45(37-21-7-10-26-42(37)53-47)50-48(49-44)52-40-24-9-6-20-36(40)43-41(52)28-27-35-33-19-5-8-23-39(33)51(46(35)43)38-25-12-16-30-14-2-4-18-32(30)38/h1-28H. The summed E-state index contributed by atoms with van der Waals surface area (Å²) in [7, 11) is 0. The van der Waals surface area contributed by atoms with E-state index in [1.54, 1.807) is 11.3 Å². The Kier molecular flexibility index (Phi) is 5.90. The maximum Gasteiger partial charge on any atom is 0.235 e. The molecule has 0 amide bonds. The summed E-state index contributed by atoms with van der Waals surface area (Å²) in [5, 5.41) is 10.8. The van der Waals surface area contributed by atoms with Crippen LogP contribution in [-0.4, -0.2) is 19.1 Å². The molecule has 4 heterocycles. The Morgan fingerprint density at radius 3 is 1.87 bits per heavy atom. The molecular formula is C48H28N4S. The normalized spacial score (nSPS) is 12.2. The molecular weight excluding hydrogens is 665 g/mol. The molecule has 0 N–H and O–H groups in total. The molecule has 0 spiro atoms. The van der Waals surface area contributed by atoms with Gasteiger partial charge in [-0.25, -0.2) is 9.97 Å². The zero-order valence-corrected chi connectivity index (χ0v) is 29.2. The lowest BCUT2D eigenvalue weighted by molar-refractivity contribution is 1.02. The first-order valence-corrected chi connectivity index (χ1v) is 18.7. The van der Waals surface area contributed by atoms with Crippen LogP contribution in [0.5, 0.6) is 0 Å². The molecule has 12 aromatic rings. The molecule has 0 bridgehead atoms. The fourth-order valence-corrected chi connectivity index (χ4v) is 9.82. The summed E-state index contributed by atoms with van der Waals surface area (Å²) >= 11 is 1.77. The topological polar surface area (TPSA) is 35.6 Å². The molecule has 0 aliphatic heterocycles. The summed E-state index contributed by atoms with van der Waals surface area (Å²) in [4.78, 5) is 11.0. The minimum atomic E-state index is 0.669. The number of hydrogen-bond donors (Lipinski definition) is 0. The summed E-state index contributed by atoms with van der Waals surface area (Å²) in [5.41, 5.74) is 8.74. The Balaban J connectivity index is 1.25. The smallest absolute Gasteiger partial charge is 0.235 e. The molecule has 4 nitrogen and oxygen atoms in total. The third kappa shape index (κ3) is 4.00. The number of fused-ring (bicyclic) bond motifs is 12. The van der Waals surface area contributed by atoms with Crippen LogP contribution >= 0.6 is 11.3 Å². The largest absolute Gasteiger partial charge is 0.308 e. The summed E-state index contributed by atoms with van der Waals surface area (Å²) < 4.78 is 7.07. The highest BCUT2D eigenvalue weighted by Crippen LogP contribution is 2.45. The van der Waals surface area contributed by atoms with Gasteiger partial charge < -0.3 is 4.57 Å². The Morgan fingerprint density at radius 2 is 1.04 bits per heavy atom. The highest BCUT2D eigenvalue weighted by Gasteiger charge is 2.24. The molecule has 4 aromatic heterocycles. The Hall–Kier alpha value is -6.82. The molecule has 0 saturated carbocycles. The van der Waals surface area contributed by atoms with E-state index < -0.39 is 0 Å². The van der Waals surface area contributed by atoms with Crippen LogP contribution in [0.2, 0.25) is 0 Å². The van der Waals surface area contributed by atoms with E-state index in [9.17, 15) is 0 Å². The van der Waals surface area contributed by atoms with Crippen molar-refractivity contribution in [2.45, 2.75) is 0 Å². The number of nitrogens with zero attached hydrogens (tertiary/aromatic N) is 4. The molecule has 0 fully saturated rings.